The zero-order valence-corrected chi connectivity index (χ0v) is 14.5. The third kappa shape index (κ3) is 4.28. The highest BCUT2D eigenvalue weighted by Gasteiger charge is 2.23. The molecule has 0 spiro atoms. The molecule has 1 aliphatic carbocycles. The van der Waals surface area contributed by atoms with Gasteiger partial charge in [-0.15, -0.1) is 0 Å². The Hall–Kier alpha value is -3.13. The largest absolute Gasteiger partial charge is 0.341 e. The lowest BCUT2D eigenvalue weighted by Gasteiger charge is -2.19. The van der Waals surface area contributed by atoms with Crippen molar-refractivity contribution in [3.63, 3.8) is 0 Å². The van der Waals surface area contributed by atoms with Crippen molar-refractivity contribution in [2.75, 3.05) is 5.32 Å². The highest BCUT2D eigenvalue weighted by Crippen LogP contribution is 2.28. The summed E-state index contributed by atoms with van der Waals surface area (Å²) in [5.74, 6) is -1.31. The van der Waals surface area contributed by atoms with Crippen LogP contribution >= 0.6 is 0 Å². The van der Waals surface area contributed by atoms with Crippen LogP contribution in [0.5, 0.6) is 0 Å². The SMILES string of the molecule is N#CCc1ccc(NC(=O)C(=O)N[C@H]2CCCCc3ccccc32)cc1. The summed E-state index contributed by atoms with van der Waals surface area (Å²) in [6.45, 7) is 0. The predicted octanol–water partition coefficient (Wildman–Crippen LogP) is 3.28. The summed E-state index contributed by atoms with van der Waals surface area (Å²) in [7, 11) is 0. The minimum Gasteiger partial charge on any atom is -0.341 e. The molecule has 0 unspecified atom stereocenters. The van der Waals surface area contributed by atoms with E-state index in [0.29, 0.717) is 12.1 Å². The van der Waals surface area contributed by atoms with Crippen molar-refractivity contribution < 1.29 is 9.59 Å². The summed E-state index contributed by atoms with van der Waals surface area (Å²) >= 11 is 0. The average molecular weight is 347 g/mol. The van der Waals surface area contributed by atoms with Crippen molar-refractivity contribution in [2.24, 2.45) is 0 Å². The van der Waals surface area contributed by atoms with Gasteiger partial charge in [0, 0.05) is 5.69 Å². The van der Waals surface area contributed by atoms with Crippen LogP contribution in [0.25, 0.3) is 0 Å². The Labute approximate surface area is 153 Å². The van der Waals surface area contributed by atoms with Gasteiger partial charge >= 0.3 is 11.8 Å². The van der Waals surface area contributed by atoms with E-state index in [1.807, 2.05) is 18.2 Å². The molecule has 2 amide bonds. The Bertz CT molecular complexity index is 837. The zero-order valence-electron chi connectivity index (χ0n) is 14.5. The van der Waals surface area contributed by atoms with Crippen LogP contribution in [-0.4, -0.2) is 11.8 Å². The van der Waals surface area contributed by atoms with Crippen LogP contribution in [0.3, 0.4) is 0 Å². The summed E-state index contributed by atoms with van der Waals surface area (Å²) < 4.78 is 0. The summed E-state index contributed by atoms with van der Waals surface area (Å²) in [4.78, 5) is 24.6. The van der Waals surface area contributed by atoms with Gasteiger partial charge in [-0.1, -0.05) is 42.8 Å². The van der Waals surface area contributed by atoms with Gasteiger partial charge in [0.25, 0.3) is 0 Å². The highest BCUT2D eigenvalue weighted by atomic mass is 16.2. The second kappa shape index (κ2) is 8.30. The first-order valence-electron chi connectivity index (χ1n) is 8.83. The number of amides is 2. The Morgan fingerprint density at radius 1 is 1.04 bits per heavy atom. The lowest BCUT2D eigenvalue weighted by Crippen LogP contribution is -2.37. The molecule has 0 heterocycles. The van der Waals surface area contributed by atoms with Crippen LogP contribution in [0, 0.1) is 11.3 Å². The number of nitrogens with one attached hydrogen (secondary N) is 2. The number of rotatable bonds is 3. The molecule has 26 heavy (non-hydrogen) atoms. The van der Waals surface area contributed by atoms with E-state index in [1.165, 1.54) is 5.56 Å². The number of hydrogen-bond donors (Lipinski definition) is 2. The van der Waals surface area contributed by atoms with E-state index in [-0.39, 0.29) is 6.04 Å². The standard InChI is InChI=1S/C21H21N3O2/c22-14-13-15-9-11-17(12-10-15)23-20(25)21(26)24-19-8-4-2-6-16-5-1-3-7-18(16)19/h1,3,5,7,9-12,19H,2,4,6,8,13H2,(H,23,25)(H,24,26)/t19-/m0/s1. The van der Waals surface area contributed by atoms with Crippen molar-refractivity contribution in [2.45, 2.75) is 38.1 Å². The molecule has 1 aliphatic rings. The summed E-state index contributed by atoms with van der Waals surface area (Å²) in [5.41, 5.74) is 3.74. The molecular weight excluding hydrogens is 326 g/mol. The zero-order chi connectivity index (χ0) is 18.4. The van der Waals surface area contributed by atoms with E-state index in [0.717, 1.165) is 36.8 Å². The molecule has 1 atom stereocenters. The number of fused-ring (bicyclic) bond motifs is 1. The van der Waals surface area contributed by atoms with Crippen molar-refractivity contribution in [3.8, 4) is 6.07 Å². The molecule has 2 aromatic carbocycles. The van der Waals surface area contributed by atoms with Crippen LogP contribution in [0.15, 0.2) is 48.5 Å². The van der Waals surface area contributed by atoms with E-state index < -0.39 is 11.8 Å². The van der Waals surface area contributed by atoms with Gasteiger partial charge < -0.3 is 10.6 Å². The smallest absolute Gasteiger partial charge is 0.313 e. The molecule has 0 fully saturated rings. The Kier molecular flexibility index (Phi) is 5.65. The number of hydrogen-bond acceptors (Lipinski definition) is 3. The molecule has 3 rings (SSSR count). The molecule has 0 saturated heterocycles. The van der Waals surface area contributed by atoms with Crippen LogP contribution in [0.4, 0.5) is 5.69 Å². The van der Waals surface area contributed by atoms with Gasteiger partial charge in [0.05, 0.1) is 18.5 Å². The van der Waals surface area contributed by atoms with Gasteiger partial charge in [-0.3, -0.25) is 9.59 Å². The molecular formula is C21H21N3O2. The fraction of sp³-hybridized carbons (Fsp3) is 0.286. The van der Waals surface area contributed by atoms with Gasteiger partial charge in [-0.05, 0) is 48.1 Å². The van der Waals surface area contributed by atoms with E-state index in [9.17, 15) is 9.59 Å². The summed E-state index contributed by atoms with van der Waals surface area (Å²) in [6, 6.07) is 16.9. The van der Waals surface area contributed by atoms with Crippen LogP contribution in [0.2, 0.25) is 0 Å². The maximum atomic E-state index is 12.3. The highest BCUT2D eigenvalue weighted by molar-refractivity contribution is 6.39. The molecule has 0 bridgehead atoms. The molecule has 0 saturated carbocycles. The van der Waals surface area contributed by atoms with Crippen molar-refractivity contribution >= 4 is 17.5 Å². The third-order valence-corrected chi connectivity index (χ3v) is 4.63. The summed E-state index contributed by atoms with van der Waals surface area (Å²) in [5, 5.41) is 14.2. The fourth-order valence-corrected chi connectivity index (χ4v) is 3.28. The van der Waals surface area contributed by atoms with Crippen LogP contribution in [0.1, 0.15) is 42.0 Å². The molecule has 132 valence electrons. The molecule has 5 heteroatoms. The number of benzene rings is 2. The number of anilines is 1. The maximum absolute atomic E-state index is 12.3. The fourth-order valence-electron chi connectivity index (χ4n) is 3.28. The molecule has 5 nitrogen and oxygen atoms in total. The predicted molar refractivity (Wildman–Crippen MR) is 99.3 cm³/mol. The maximum Gasteiger partial charge on any atom is 0.313 e. The van der Waals surface area contributed by atoms with Gasteiger partial charge in [-0.2, -0.15) is 5.26 Å². The second-order valence-electron chi connectivity index (χ2n) is 6.46. The Balaban J connectivity index is 1.64. The summed E-state index contributed by atoms with van der Waals surface area (Å²) in [6.07, 6.45) is 4.25. The number of nitrogens with zero attached hydrogens (tertiary/aromatic N) is 1. The van der Waals surface area contributed by atoms with Gasteiger partial charge in [0.1, 0.15) is 0 Å². The lowest BCUT2D eigenvalue weighted by atomic mass is 9.99. The van der Waals surface area contributed by atoms with Crippen molar-refractivity contribution in [1.82, 2.24) is 5.32 Å². The minimum atomic E-state index is -0.681. The molecule has 0 aliphatic heterocycles. The Morgan fingerprint density at radius 2 is 1.81 bits per heavy atom. The van der Waals surface area contributed by atoms with Crippen molar-refractivity contribution in [1.29, 1.82) is 5.26 Å². The second-order valence-corrected chi connectivity index (χ2v) is 6.46. The molecule has 0 aromatic heterocycles. The van der Waals surface area contributed by atoms with Crippen LogP contribution in [-0.2, 0) is 22.4 Å². The quantitative estimate of drug-likeness (QED) is 0.660. The van der Waals surface area contributed by atoms with Gasteiger partial charge in [-0.25, -0.2) is 0 Å². The van der Waals surface area contributed by atoms with Crippen LogP contribution < -0.4 is 10.6 Å². The van der Waals surface area contributed by atoms with Gasteiger partial charge in [0.15, 0.2) is 0 Å². The van der Waals surface area contributed by atoms with E-state index in [1.54, 1.807) is 24.3 Å². The number of nitriles is 1. The van der Waals surface area contributed by atoms with E-state index in [2.05, 4.69) is 22.8 Å². The topological polar surface area (TPSA) is 82.0 Å². The van der Waals surface area contributed by atoms with Gasteiger partial charge in [0.2, 0.25) is 0 Å². The normalized spacial score (nSPS) is 15.9. The average Bonchev–Trinajstić information content (AvgIpc) is 2.86. The first kappa shape index (κ1) is 17.7. The first-order valence-corrected chi connectivity index (χ1v) is 8.83. The minimum absolute atomic E-state index is 0.134. The Morgan fingerprint density at radius 3 is 2.58 bits per heavy atom. The molecule has 0 radical (unpaired) electrons. The number of aryl methyl sites for hydroxylation is 1. The first-order chi connectivity index (χ1) is 12.7. The lowest BCUT2D eigenvalue weighted by molar-refractivity contribution is -0.136. The van der Waals surface area contributed by atoms with E-state index in [4.69, 9.17) is 5.26 Å². The number of carbonyl (C=O) groups excluding carboxylic acids is 2. The van der Waals surface area contributed by atoms with Crippen molar-refractivity contribution in [3.05, 3.63) is 65.2 Å². The third-order valence-electron chi connectivity index (χ3n) is 4.63. The molecule has 2 N–H and O–H groups in total. The van der Waals surface area contributed by atoms with E-state index >= 15 is 0 Å². The molecule has 2 aromatic rings. The number of carbonyl (C=O) groups is 2. The monoisotopic (exact) mass is 347 g/mol.